The van der Waals surface area contributed by atoms with E-state index < -0.39 is 13.0 Å². The minimum atomic E-state index is -3.19. The molecule has 4 rings (SSSR count). The molecule has 3 aromatic rings. The van der Waals surface area contributed by atoms with Gasteiger partial charge in [0.05, 0.1) is 26.5 Å². The Kier molecular flexibility index (Phi) is 11.2. The molecule has 0 aromatic heterocycles. The number of rotatable bonds is 17. The third kappa shape index (κ3) is 7.12. The number of nitrogens with one attached hydrogen (secondary N) is 1. The highest BCUT2D eigenvalue weighted by atomic mass is 31.2. The van der Waals surface area contributed by atoms with Gasteiger partial charge in [-0.3, -0.25) is 9.36 Å². The first-order valence-electron chi connectivity index (χ1n) is 15.0. The zero-order valence-corrected chi connectivity index (χ0v) is 25.6. The number of hydrogen-bond donors (Lipinski definition) is 1. The van der Waals surface area contributed by atoms with Gasteiger partial charge in [0.1, 0.15) is 11.2 Å². The van der Waals surface area contributed by atoms with E-state index in [1.807, 2.05) is 48.5 Å². The number of para-hydroxylation sites is 1. The fourth-order valence-electron chi connectivity index (χ4n) is 5.69. The normalized spacial score (nSPS) is 13.4. The van der Waals surface area contributed by atoms with Crippen molar-refractivity contribution in [1.29, 1.82) is 0 Å². The second-order valence-electron chi connectivity index (χ2n) is 10.7. The van der Waals surface area contributed by atoms with Gasteiger partial charge in [-0.2, -0.15) is 0 Å². The summed E-state index contributed by atoms with van der Waals surface area (Å²) in [4.78, 5) is 14.3. The number of hydrogen-bond acceptors (Lipinski definition) is 5. The van der Waals surface area contributed by atoms with Crippen LogP contribution in [0.5, 0.6) is 5.75 Å². The molecule has 0 saturated carbocycles. The van der Waals surface area contributed by atoms with E-state index >= 15 is 0 Å². The Balaban J connectivity index is 1.57. The van der Waals surface area contributed by atoms with Gasteiger partial charge in [-0.05, 0) is 54.0 Å². The molecule has 1 aliphatic carbocycles. The maximum Gasteiger partial charge on any atom is 0.330 e. The van der Waals surface area contributed by atoms with Gasteiger partial charge >= 0.3 is 7.60 Å². The van der Waals surface area contributed by atoms with Crippen LogP contribution in [0.1, 0.15) is 75.5 Å². The van der Waals surface area contributed by atoms with Crippen molar-refractivity contribution in [2.45, 2.75) is 70.8 Å². The maximum atomic E-state index is 14.3. The summed E-state index contributed by atoms with van der Waals surface area (Å²) in [6.07, 6.45) is 5.92. The lowest BCUT2D eigenvalue weighted by atomic mass is 9.73. The molecule has 0 aliphatic heterocycles. The van der Waals surface area contributed by atoms with E-state index in [-0.39, 0.29) is 5.91 Å². The Bertz CT molecular complexity index is 1280. The third-order valence-corrected chi connectivity index (χ3v) is 9.90. The van der Waals surface area contributed by atoms with Crippen molar-refractivity contribution in [3.8, 4) is 16.9 Å². The largest absolute Gasteiger partial charge is 0.496 e. The molecule has 0 radical (unpaired) electrons. The summed E-state index contributed by atoms with van der Waals surface area (Å²) in [5.41, 5.74) is 4.28. The smallest absolute Gasteiger partial charge is 0.330 e. The van der Waals surface area contributed by atoms with Crippen molar-refractivity contribution in [2.75, 3.05) is 26.5 Å². The van der Waals surface area contributed by atoms with Gasteiger partial charge in [0.2, 0.25) is 5.91 Å². The van der Waals surface area contributed by atoms with Crippen molar-refractivity contribution in [2.24, 2.45) is 0 Å². The van der Waals surface area contributed by atoms with Crippen LogP contribution in [-0.4, -0.2) is 32.4 Å². The monoisotopic (exact) mass is 577 g/mol. The van der Waals surface area contributed by atoms with Gasteiger partial charge < -0.3 is 19.1 Å². The number of benzene rings is 3. The second kappa shape index (κ2) is 14.8. The van der Waals surface area contributed by atoms with E-state index in [9.17, 15) is 9.36 Å². The number of fused-ring (bicyclic) bond motifs is 3. The van der Waals surface area contributed by atoms with E-state index in [0.29, 0.717) is 45.2 Å². The molecule has 1 amide bonds. The zero-order chi connectivity index (χ0) is 29.1. The van der Waals surface area contributed by atoms with E-state index in [1.165, 1.54) is 0 Å². The number of methoxy groups -OCH3 is 1. The second-order valence-corrected chi connectivity index (χ2v) is 12.8. The molecule has 7 heteroatoms. The molecule has 0 bridgehead atoms. The molecule has 0 spiro atoms. The average molecular weight is 578 g/mol. The predicted octanol–water partition coefficient (Wildman–Crippen LogP) is 8.27. The van der Waals surface area contributed by atoms with Crippen LogP contribution >= 0.6 is 7.60 Å². The lowest BCUT2D eigenvalue weighted by molar-refractivity contribution is -0.125. The highest BCUT2D eigenvalue weighted by molar-refractivity contribution is 7.53. The molecule has 6 nitrogen and oxygen atoms in total. The van der Waals surface area contributed by atoms with Crippen LogP contribution < -0.4 is 10.1 Å². The zero-order valence-electron chi connectivity index (χ0n) is 24.7. The lowest BCUT2D eigenvalue weighted by Gasteiger charge is -2.31. The van der Waals surface area contributed by atoms with Crippen molar-refractivity contribution in [1.82, 2.24) is 5.32 Å². The molecule has 0 unspecified atom stereocenters. The summed E-state index contributed by atoms with van der Waals surface area (Å²) < 4.78 is 30.7. The van der Waals surface area contributed by atoms with Crippen LogP contribution in [0.25, 0.3) is 11.1 Å². The van der Waals surface area contributed by atoms with Crippen LogP contribution in [0.4, 0.5) is 0 Å². The van der Waals surface area contributed by atoms with E-state index in [0.717, 1.165) is 59.3 Å². The number of amides is 1. The molecular weight excluding hydrogens is 533 g/mol. The summed E-state index contributed by atoms with van der Waals surface area (Å²) in [5, 5.41) is 3.24. The average Bonchev–Trinajstić information content (AvgIpc) is 3.29. The molecule has 1 aliphatic rings. The van der Waals surface area contributed by atoms with E-state index in [1.54, 1.807) is 7.11 Å². The predicted molar refractivity (Wildman–Crippen MR) is 166 cm³/mol. The summed E-state index contributed by atoms with van der Waals surface area (Å²) in [5.74, 6) is 0.707. The number of ether oxygens (including phenoxy) is 1. The van der Waals surface area contributed by atoms with Crippen molar-refractivity contribution < 1.29 is 23.1 Å². The van der Waals surface area contributed by atoms with Crippen molar-refractivity contribution in [3.05, 3.63) is 89.5 Å². The SMILES string of the molecule is CCCCOP(=O)(CCCCC1(C(=O)NCc2ccccc2OC)c2ccccc2-c2ccccc21)OCCCC. The Morgan fingerprint density at radius 2 is 1.34 bits per heavy atom. The Morgan fingerprint density at radius 1 is 0.780 bits per heavy atom. The number of unbranched alkanes of at least 4 members (excludes halogenated alkanes) is 3. The molecule has 220 valence electrons. The number of carbonyl (C=O) groups excluding carboxylic acids is 1. The van der Waals surface area contributed by atoms with Crippen LogP contribution in [0.2, 0.25) is 0 Å². The fraction of sp³-hybridized carbons (Fsp3) is 0.441. The molecule has 0 atom stereocenters. The number of carbonyl (C=O) groups is 1. The lowest BCUT2D eigenvalue weighted by Crippen LogP contribution is -2.44. The Hall–Kier alpha value is -2.92. The Morgan fingerprint density at radius 3 is 1.93 bits per heavy atom. The van der Waals surface area contributed by atoms with Crippen LogP contribution in [0.3, 0.4) is 0 Å². The van der Waals surface area contributed by atoms with Gasteiger partial charge in [-0.25, -0.2) is 0 Å². The van der Waals surface area contributed by atoms with Gasteiger partial charge in [0.25, 0.3) is 0 Å². The van der Waals surface area contributed by atoms with Gasteiger partial charge in [-0.15, -0.1) is 0 Å². The summed E-state index contributed by atoms with van der Waals surface area (Å²) >= 11 is 0. The van der Waals surface area contributed by atoms with Gasteiger partial charge in [0.15, 0.2) is 0 Å². The van der Waals surface area contributed by atoms with Crippen molar-refractivity contribution in [3.63, 3.8) is 0 Å². The van der Waals surface area contributed by atoms with E-state index in [2.05, 4.69) is 43.4 Å². The first kappa shape index (κ1) is 31.0. The molecule has 0 saturated heterocycles. The third-order valence-electron chi connectivity index (χ3n) is 7.89. The van der Waals surface area contributed by atoms with Crippen LogP contribution in [0.15, 0.2) is 72.8 Å². The first-order valence-corrected chi connectivity index (χ1v) is 16.7. The molecule has 3 aromatic carbocycles. The minimum Gasteiger partial charge on any atom is -0.496 e. The fourth-order valence-corrected chi connectivity index (χ4v) is 7.44. The van der Waals surface area contributed by atoms with Crippen LogP contribution in [-0.2, 0) is 30.4 Å². The molecule has 1 N–H and O–H groups in total. The standard InChI is InChI=1S/C34H44NO5P/c1-4-6-23-39-41(37,40-24-7-5-2)25-15-14-22-34(33(36)35-26-27-16-8-13-21-32(27)38-3)30-19-11-9-17-28(30)29-18-10-12-20-31(29)34/h8-13,16-21H,4-7,14-15,22-26H2,1-3H3,(H,35,36). The first-order chi connectivity index (χ1) is 20.0. The molecule has 0 heterocycles. The summed E-state index contributed by atoms with van der Waals surface area (Å²) in [6.45, 7) is 5.41. The molecule has 0 fully saturated rings. The van der Waals surface area contributed by atoms with Gasteiger partial charge in [0, 0.05) is 12.1 Å². The quantitative estimate of drug-likeness (QED) is 0.129. The minimum absolute atomic E-state index is 0.0395. The highest BCUT2D eigenvalue weighted by Gasteiger charge is 2.48. The summed E-state index contributed by atoms with van der Waals surface area (Å²) in [6, 6.07) is 24.1. The van der Waals surface area contributed by atoms with Crippen LogP contribution in [0, 0.1) is 0 Å². The van der Waals surface area contributed by atoms with Gasteiger partial charge in [-0.1, -0.05) is 99.8 Å². The Labute approximate surface area is 245 Å². The van der Waals surface area contributed by atoms with Crippen molar-refractivity contribution >= 4 is 13.5 Å². The van der Waals surface area contributed by atoms with E-state index in [4.69, 9.17) is 13.8 Å². The molecule has 41 heavy (non-hydrogen) atoms. The maximum absolute atomic E-state index is 14.3. The molecular formula is C34H44NO5P. The summed E-state index contributed by atoms with van der Waals surface area (Å²) in [7, 11) is -1.55. The topological polar surface area (TPSA) is 73.9 Å². The highest BCUT2D eigenvalue weighted by Crippen LogP contribution is 2.53.